The summed E-state index contributed by atoms with van der Waals surface area (Å²) in [7, 11) is 0. The first-order chi connectivity index (χ1) is 12.9. The monoisotopic (exact) mass is 443 g/mol. The van der Waals surface area contributed by atoms with E-state index in [1.807, 2.05) is 30.0 Å². The van der Waals surface area contributed by atoms with Crippen LogP contribution in [0.3, 0.4) is 0 Å². The van der Waals surface area contributed by atoms with Crippen molar-refractivity contribution in [3.63, 3.8) is 0 Å². The average Bonchev–Trinajstić information content (AvgIpc) is 3.00. The first-order valence-electron chi connectivity index (χ1n) is 8.71. The van der Waals surface area contributed by atoms with E-state index in [0.717, 1.165) is 31.7 Å². The molecule has 0 spiro atoms. The lowest BCUT2D eigenvalue weighted by Crippen LogP contribution is -2.19. The highest BCUT2D eigenvalue weighted by Gasteiger charge is 2.08. The van der Waals surface area contributed by atoms with Crippen molar-refractivity contribution in [1.82, 2.24) is 10.3 Å². The van der Waals surface area contributed by atoms with Crippen molar-refractivity contribution in [2.24, 2.45) is 0 Å². The van der Waals surface area contributed by atoms with Crippen LogP contribution < -0.4 is 10.6 Å². The van der Waals surface area contributed by atoms with Crippen LogP contribution in [0.5, 0.6) is 0 Å². The Morgan fingerprint density at radius 1 is 1.22 bits per heavy atom. The molecule has 2 amide bonds. The number of rotatable bonds is 11. The van der Waals surface area contributed by atoms with Crippen LogP contribution in [0, 0.1) is 0 Å². The molecule has 1 aromatic carbocycles. The zero-order valence-corrected chi connectivity index (χ0v) is 19.0. The smallest absolute Gasteiger partial charge is 0.225 e. The Labute approximate surface area is 177 Å². The van der Waals surface area contributed by atoms with E-state index in [2.05, 4.69) is 29.5 Å². The fourth-order valence-corrected chi connectivity index (χ4v) is 5.87. The van der Waals surface area contributed by atoms with Gasteiger partial charge in [-0.3, -0.25) is 9.59 Å². The van der Waals surface area contributed by atoms with Gasteiger partial charge in [-0.2, -0.15) is 11.8 Å². The second-order valence-corrected chi connectivity index (χ2v) is 11.2. The number of anilines is 1. The lowest BCUT2D eigenvalue weighted by Gasteiger charge is -2.05. The van der Waals surface area contributed by atoms with Crippen LogP contribution in [0.2, 0.25) is 0 Å². The van der Waals surface area contributed by atoms with Crippen molar-refractivity contribution >= 4 is 74.3 Å². The second-order valence-electron chi connectivity index (χ2n) is 6.01. The minimum Gasteiger partial charge on any atom is -0.347 e. The summed E-state index contributed by atoms with van der Waals surface area (Å²) < 4.78 is 2.17. The van der Waals surface area contributed by atoms with E-state index < -0.39 is 0 Å². The van der Waals surface area contributed by atoms with Gasteiger partial charge in [0.05, 0.1) is 16.1 Å². The summed E-state index contributed by atoms with van der Waals surface area (Å²) in [5, 5.41) is 6.30. The quantitative estimate of drug-likeness (QED) is 0.298. The maximum absolute atomic E-state index is 12.0. The van der Waals surface area contributed by atoms with E-state index in [4.69, 9.17) is 0 Å². The van der Waals surface area contributed by atoms with Crippen molar-refractivity contribution < 1.29 is 9.59 Å². The van der Waals surface area contributed by atoms with Gasteiger partial charge < -0.3 is 10.6 Å². The zero-order chi connectivity index (χ0) is 19.6. The number of nitrogens with one attached hydrogen (secondary N) is 2. The zero-order valence-electron chi connectivity index (χ0n) is 15.7. The van der Waals surface area contributed by atoms with Gasteiger partial charge in [0.25, 0.3) is 0 Å². The van der Waals surface area contributed by atoms with Crippen molar-refractivity contribution in [3.8, 4) is 0 Å². The Hall–Kier alpha value is -0.900. The molecule has 1 aromatic heterocycles. The van der Waals surface area contributed by atoms with Crippen LogP contribution in [0.1, 0.15) is 27.2 Å². The summed E-state index contributed by atoms with van der Waals surface area (Å²) in [6.07, 6.45) is 0.416. The van der Waals surface area contributed by atoms with E-state index >= 15 is 0 Å². The number of carbonyl (C=O) groups is 2. The molecule has 0 aliphatic heterocycles. The number of fused-ring (bicyclic) bond motifs is 1. The van der Waals surface area contributed by atoms with Gasteiger partial charge in [-0.25, -0.2) is 4.98 Å². The topological polar surface area (TPSA) is 71.1 Å². The van der Waals surface area contributed by atoms with Crippen molar-refractivity contribution in [2.45, 2.75) is 36.8 Å². The fraction of sp³-hybridized carbons (Fsp3) is 0.500. The molecule has 2 N–H and O–H groups in total. The van der Waals surface area contributed by atoms with Gasteiger partial charge in [0.15, 0.2) is 4.34 Å². The number of amides is 2. The van der Waals surface area contributed by atoms with E-state index in [1.54, 1.807) is 23.1 Å². The number of aromatic nitrogens is 1. The molecule has 0 aliphatic rings. The number of carbonyl (C=O) groups excluding carboxylic acids is 2. The Morgan fingerprint density at radius 3 is 2.78 bits per heavy atom. The normalized spacial score (nSPS) is 11.1. The molecule has 27 heavy (non-hydrogen) atoms. The molecule has 0 saturated heterocycles. The fourth-order valence-electron chi connectivity index (χ4n) is 2.07. The van der Waals surface area contributed by atoms with Gasteiger partial charge in [-0.15, -0.1) is 23.1 Å². The summed E-state index contributed by atoms with van der Waals surface area (Å²) in [4.78, 5) is 27.5. The maximum Gasteiger partial charge on any atom is 0.225 e. The molecule has 2 aromatic rings. The molecule has 5 nitrogen and oxygen atoms in total. The molecule has 1 heterocycles. The van der Waals surface area contributed by atoms with E-state index in [-0.39, 0.29) is 11.8 Å². The molecule has 0 fully saturated rings. The summed E-state index contributed by atoms with van der Waals surface area (Å²) in [6.45, 7) is 5.91. The standard InChI is InChI=1S/C18H25N3O2S4/c1-12(2)25-8-9-26-18-21-15-5-4-14(10-16(15)27-18)20-17(23)6-7-24-11-19-13(3)22/h4-5,10,12H,6-9,11H2,1-3H3,(H,19,22)(H,20,23). The van der Waals surface area contributed by atoms with Gasteiger partial charge in [0.1, 0.15) is 0 Å². The van der Waals surface area contributed by atoms with E-state index in [9.17, 15) is 9.59 Å². The molecule has 148 valence electrons. The van der Waals surface area contributed by atoms with Crippen LogP contribution in [0.4, 0.5) is 5.69 Å². The number of hydrogen-bond donors (Lipinski definition) is 2. The number of thioether (sulfide) groups is 3. The SMILES string of the molecule is CC(=O)NCSCCC(=O)Nc1ccc2nc(SCCSC(C)C)sc2c1. The summed E-state index contributed by atoms with van der Waals surface area (Å²) in [6, 6.07) is 5.84. The lowest BCUT2D eigenvalue weighted by molar-refractivity contribution is -0.118. The Balaban J connectivity index is 1.79. The van der Waals surface area contributed by atoms with Crippen LogP contribution in [0.25, 0.3) is 10.2 Å². The van der Waals surface area contributed by atoms with Crippen molar-refractivity contribution in [3.05, 3.63) is 18.2 Å². The van der Waals surface area contributed by atoms with Crippen molar-refractivity contribution in [1.29, 1.82) is 0 Å². The molecular formula is C18H25N3O2S4. The largest absolute Gasteiger partial charge is 0.347 e. The Morgan fingerprint density at radius 2 is 2.04 bits per heavy atom. The second kappa shape index (κ2) is 11.8. The average molecular weight is 444 g/mol. The Bertz CT molecular complexity index is 764. The molecule has 0 aliphatic carbocycles. The summed E-state index contributed by atoms with van der Waals surface area (Å²) >= 11 is 6.96. The lowest BCUT2D eigenvalue weighted by atomic mass is 10.3. The first kappa shape index (κ1) is 22.4. The van der Waals surface area contributed by atoms with Gasteiger partial charge >= 0.3 is 0 Å². The summed E-state index contributed by atoms with van der Waals surface area (Å²) in [5.74, 6) is 3.31. The third-order valence-corrected chi connectivity index (χ3v) is 7.68. The van der Waals surface area contributed by atoms with Crippen LogP contribution in [0.15, 0.2) is 22.5 Å². The van der Waals surface area contributed by atoms with E-state index in [0.29, 0.717) is 23.3 Å². The van der Waals surface area contributed by atoms with Crippen LogP contribution in [-0.4, -0.2) is 45.2 Å². The summed E-state index contributed by atoms with van der Waals surface area (Å²) in [5.41, 5.74) is 1.78. The number of benzene rings is 1. The minimum atomic E-state index is -0.0546. The van der Waals surface area contributed by atoms with E-state index in [1.165, 1.54) is 18.7 Å². The molecule has 0 atom stereocenters. The van der Waals surface area contributed by atoms with Gasteiger partial charge in [0.2, 0.25) is 11.8 Å². The maximum atomic E-state index is 12.0. The molecule has 0 unspecified atom stereocenters. The third kappa shape index (κ3) is 8.76. The highest BCUT2D eigenvalue weighted by molar-refractivity contribution is 8.04. The Kier molecular flexibility index (Phi) is 9.81. The number of hydrogen-bond acceptors (Lipinski definition) is 7. The number of nitrogens with zero attached hydrogens (tertiary/aromatic N) is 1. The van der Waals surface area contributed by atoms with Crippen molar-refractivity contribution in [2.75, 3.05) is 28.5 Å². The molecule has 0 radical (unpaired) electrons. The predicted molar refractivity (Wildman–Crippen MR) is 122 cm³/mol. The van der Waals surface area contributed by atoms with Gasteiger partial charge in [0, 0.05) is 36.3 Å². The predicted octanol–water partition coefficient (Wildman–Crippen LogP) is 4.69. The van der Waals surface area contributed by atoms with Gasteiger partial charge in [-0.1, -0.05) is 25.6 Å². The first-order valence-corrected chi connectivity index (χ1v) is 12.7. The molecule has 0 saturated carbocycles. The highest BCUT2D eigenvalue weighted by Crippen LogP contribution is 2.31. The molecule has 9 heteroatoms. The molecule has 2 rings (SSSR count). The molecular weight excluding hydrogens is 418 g/mol. The van der Waals surface area contributed by atoms with Crippen LogP contribution >= 0.6 is 46.6 Å². The minimum absolute atomic E-state index is 0.0190. The van der Waals surface area contributed by atoms with Gasteiger partial charge in [-0.05, 0) is 23.4 Å². The highest BCUT2D eigenvalue weighted by atomic mass is 32.2. The number of thiazole rings is 1. The molecule has 0 bridgehead atoms. The van der Waals surface area contributed by atoms with Crippen LogP contribution in [-0.2, 0) is 9.59 Å². The third-order valence-electron chi connectivity index (χ3n) is 3.31.